The van der Waals surface area contributed by atoms with E-state index >= 15 is 0 Å². The Bertz CT molecular complexity index is 1300. The molecule has 0 aliphatic rings. The Morgan fingerprint density at radius 2 is 1.56 bits per heavy atom. The second-order valence-electron chi connectivity index (χ2n) is 7.68. The predicted octanol–water partition coefficient (Wildman–Crippen LogP) is 0.544. The second kappa shape index (κ2) is 13.9. The summed E-state index contributed by atoms with van der Waals surface area (Å²) in [5, 5.41) is 2.70. The van der Waals surface area contributed by atoms with Gasteiger partial charge in [0.05, 0.1) is 10.5 Å². The average molecular weight is 593 g/mol. The fourth-order valence-electron chi connectivity index (χ4n) is 3.23. The minimum atomic E-state index is -3.96. The van der Waals surface area contributed by atoms with E-state index in [1.807, 2.05) is 35.3 Å². The number of benzene rings is 2. The summed E-state index contributed by atoms with van der Waals surface area (Å²) in [6.45, 7) is 1.94. The lowest BCUT2D eigenvalue weighted by Gasteiger charge is -2.10. The van der Waals surface area contributed by atoms with E-state index < -0.39 is 21.8 Å². The summed E-state index contributed by atoms with van der Waals surface area (Å²) in [5.41, 5.74) is 0.724. The largest absolute Gasteiger partial charge is 1.00 e. The van der Waals surface area contributed by atoms with Crippen molar-refractivity contribution in [3.8, 4) is 0 Å². The third-order valence-electron chi connectivity index (χ3n) is 4.88. The number of anilines is 1. The number of halogens is 1. The van der Waals surface area contributed by atoms with Crippen LogP contribution in [0.1, 0.15) is 36.5 Å². The van der Waals surface area contributed by atoms with Gasteiger partial charge >= 0.3 is 0 Å². The smallest absolute Gasteiger partial charge is 0.264 e. The molecule has 0 aliphatic heterocycles. The number of nitrogens with zero attached hydrogens (tertiary/aromatic N) is 1. The highest BCUT2D eigenvalue weighted by Gasteiger charge is 2.17. The highest BCUT2D eigenvalue weighted by atomic mass is 79.9. The number of nitrogens with one attached hydrogen (secondary N) is 2. The van der Waals surface area contributed by atoms with Crippen molar-refractivity contribution in [2.45, 2.75) is 42.5 Å². The topological polar surface area (TPSA) is 113 Å². The second-order valence-corrected chi connectivity index (χ2v) is 10.5. The third kappa shape index (κ3) is 8.89. The average Bonchev–Trinajstić information content (AvgIpc) is 2.82. The first-order valence-electron chi connectivity index (χ1n) is 10.9. The van der Waals surface area contributed by atoms with Gasteiger partial charge in [-0.3, -0.25) is 14.4 Å². The maximum atomic E-state index is 12.8. The van der Waals surface area contributed by atoms with E-state index in [2.05, 4.69) is 9.88 Å². The molecule has 2 N–H and O–H groups in total. The summed E-state index contributed by atoms with van der Waals surface area (Å²) in [4.78, 5) is 36.9. The van der Waals surface area contributed by atoms with Crippen molar-refractivity contribution in [3.05, 3.63) is 84.7 Å². The van der Waals surface area contributed by atoms with Gasteiger partial charge in [-0.15, -0.1) is 0 Å². The first-order chi connectivity index (χ1) is 16.7. The first-order valence-corrected chi connectivity index (χ1v) is 13.2. The van der Waals surface area contributed by atoms with Crippen LogP contribution in [-0.2, 0) is 26.2 Å². The molecule has 2 aromatic carbocycles. The molecule has 36 heavy (non-hydrogen) atoms. The molecule has 1 heterocycles. The lowest BCUT2D eigenvalue weighted by atomic mass is 10.2. The van der Waals surface area contributed by atoms with Crippen molar-refractivity contribution in [2.24, 2.45) is 0 Å². The molecule has 0 atom stereocenters. The van der Waals surface area contributed by atoms with Crippen molar-refractivity contribution in [3.63, 3.8) is 0 Å². The van der Waals surface area contributed by atoms with Crippen LogP contribution < -0.4 is 31.6 Å². The van der Waals surface area contributed by atoms with Crippen LogP contribution in [0, 0.1) is 0 Å². The molecule has 0 spiro atoms. The number of aryl methyl sites for hydroxylation is 1. The molecule has 1 aromatic heterocycles. The Labute approximate surface area is 225 Å². The quantitative estimate of drug-likeness (QED) is 0.202. The molecule has 2 amide bonds. The summed E-state index contributed by atoms with van der Waals surface area (Å²) in [6, 6.07) is 18.2. The van der Waals surface area contributed by atoms with Crippen LogP contribution in [0.15, 0.2) is 88.9 Å². The maximum absolute atomic E-state index is 12.8. The molecule has 0 saturated heterocycles. The van der Waals surface area contributed by atoms with Crippen LogP contribution in [0.5, 0.6) is 0 Å². The lowest BCUT2D eigenvalue weighted by molar-refractivity contribution is -0.697. The fourth-order valence-corrected chi connectivity index (χ4v) is 5.13. The zero-order valence-corrected chi connectivity index (χ0v) is 22.7. The minimum absolute atomic E-state index is 0. The Hall–Kier alpha value is -3.02. The number of hydrogen-bond donors (Lipinski definition) is 2. The minimum Gasteiger partial charge on any atom is -1.00 e. The summed E-state index contributed by atoms with van der Waals surface area (Å²) in [7, 11) is -3.96. The van der Waals surface area contributed by atoms with E-state index in [1.165, 1.54) is 24.3 Å². The van der Waals surface area contributed by atoms with Crippen LogP contribution >= 0.6 is 11.8 Å². The molecule has 0 radical (unpaired) electrons. The van der Waals surface area contributed by atoms with Gasteiger partial charge in [0.2, 0.25) is 5.91 Å². The van der Waals surface area contributed by atoms with Gasteiger partial charge in [-0.1, -0.05) is 30.0 Å². The zero-order valence-electron chi connectivity index (χ0n) is 19.5. The highest BCUT2D eigenvalue weighted by molar-refractivity contribution is 8.13. The molecule has 3 aromatic rings. The van der Waals surface area contributed by atoms with Gasteiger partial charge < -0.3 is 22.3 Å². The van der Waals surface area contributed by atoms with Crippen molar-refractivity contribution in [1.82, 2.24) is 4.72 Å². The Morgan fingerprint density at radius 3 is 2.22 bits per heavy atom. The summed E-state index contributed by atoms with van der Waals surface area (Å²) in [6.07, 6.45) is 5.99. The van der Waals surface area contributed by atoms with Crippen molar-refractivity contribution >= 4 is 44.4 Å². The number of unbranched alkanes of at least 4 members (excludes halogenated alkanes) is 1. The number of carbonyl (C=O) groups is 3. The van der Waals surface area contributed by atoms with Crippen LogP contribution in [0.2, 0.25) is 0 Å². The Kier molecular flexibility index (Phi) is 11.3. The van der Waals surface area contributed by atoms with E-state index in [-0.39, 0.29) is 27.0 Å². The van der Waals surface area contributed by atoms with Crippen LogP contribution in [-0.4, -0.2) is 25.3 Å². The monoisotopic (exact) mass is 591 g/mol. The van der Waals surface area contributed by atoms with Gasteiger partial charge in [0.25, 0.3) is 15.9 Å². The number of rotatable bonds is 10. The van der Waals surface area contributed by atoms with Gasteiger partial charge in [0.15, 0.2) is 17.5 Å². The third-order valence-corrected chi connectivity index (χ3v) is 7.34. The zero-order chi connectivity index (χ0) is 25.3. The lowest BCUT2D eigenvalue weighted by Crippen LogP contribution is -3.00. The number of pyridine rings is 1. The van der Waals surface area contributed by atoms with E-state index in [9.17, 15) is 22.8 Å². The SMILES string of the molecule is CC(=O)NS(=O)(=O)c1ccc(NC(=O)c2ccccc2SC(=O)CCCC[n+]2ccccc2)cc1.[Br-]. The molecule has 0 saturated carbocycles. The number of hydrogen-bond acceptors (Lipinski definition) is 6. The fraction of sp³-hybridized carbons (Fsp3) is 0.200. The van der Waals surface area contributed by atoms with Gasteiger partial charge in [-0.25, -0.2) is 17.7 Å². The summed E-state index contributed by atoms with van der Waals surface area (Å²) < 4.78 is 28.1. The molecule has 11 heteroatoms. The van der Waals surface area contributed by atoms with Crippen LogP contribution in [0.25, 0.3) is 0 Å². The summed E-state index contributed by atoms with van der Waals surface area (Å²) in [5.74, 6) is -1.11. The number of aromatic nitrogens is 1. The van der Waals surface area contributed by atoms with Crippen LogP contribution in [0.3, 0.4) is 0 Å². The molecule has 0 fully saturated rings. The number of sulfonamides is 1. The Morgan fingerprint density at radius 1 is 0.889 bits per heavy atom. The van der Waals surface area contributed by atoms with Gasteiger partial charge in [-0.05, 0) is 42.8 Å². The van der Waals surface area contributed by atoms with E-state index in [0.717, 1.165) is 38.1 Å². The van der Waals surface area contributed by atoms with Gasteiger partial charge in [0.1, 0.15) is 6.54 Å². The highest BCUT2D eigenvalue weighted by Crippen LogP contribution is 2.26. The maximum Gasteiger partial charge on any atom is 0.264 e. The van der Waals surface area contributed by atoms with Gasteiger partial charge in [-0.2, -0.15) is 0 Å². The van der Waals surface area contributed by atoms with E-state index in [1.54, 1.807) is 24.3 Å². The van der Waals surface area contributed by atoms with E-state index in [0.29, 0.717) is 22.6 Å². The standard InChI is InChI=1S/C25H25N3O5S2.BrH/c1-19(29)27-35(32,33)21-14-12-20(13-15-21)26-25(31)22-9-3-4-10-23(22)34-24(30)11-5-8-18-28-16-6-2-7-17-28;/h2-4,6-7,9-10,12-17H,5,8,11,18H2,1H3,(H-,26,27,29,31);1H. The van der Waals surface area contributed by atoms with Crippen molar-refractivity contribution < 1.29 is 44.3 Å². The predicted molar refractivity (Wildman–Crippen MR) is 133 cm³/mol. The van der Waals surface area contributed by atoms with Crippen LogP contribution in [0.4, 0.5) is 5.69 Å². The molecule has 0 aliphatic carbocycles. The number of carbonyl (C=O) groups excluding carboxylic acids is 3. The number of amides is 2. The molecule has 0 unspecified atom stereocenters. The van der Waals surface area contributed by atoms with E-state index in [4.69, 9.17) is 0 Å². The van der Waals surface area contributed by atoms with Crippen molar-refractivity contribution in [2.75, 3.05) is 5.32 Å². The first kappa shape index (κ1) is 29.2. The molecule has 3 rings (SSSR count). The normalized spacial score (nSPS) is 10.7. The van der Waals surface area contributed by atoms with Gasteiger partial charge in [0, 0.05) is 42.5 Å². The molecule has 0 bridgehead atoms. The number of thioether (sulfide) groups is 1. The van der Waals surface area contributed by atoms with Crippen molar-refractivity contribution in [1.29, 1.82) is 0 Å². The molecule has 190 valence electrons. The Balaban J connectivity index is 0.00000456. The molecule has 8 nitrogen and oxygen atoms in total. The molecular weight excluding hydrogens is 566 g/mol. The molecular formula is C25H26BrN3O5S2. The summed E-state index contributed by atoms with van der Waals surface area (Å²) >= 11 is 1.04.